The van der Waals surface area contributed by atoms with Gasteiger partial charge in [-0.3, -0.25) is 4.79 Å². The fourth-order valence-electron chi connectivity index (χ4n) is 1.73. The van der Waals surface area contributed by atoms with Gasteiger partial charge in [0, 0.05) is 12.6 Å². The summed E-state index contributed by atoms with van der Waals surface area (Å²) in [6.45, 7) is 6.88. The Hall–Kier alpha value is -1.55. The van der Waals surface area contributed by atoms with Crippen LogP contribution in [0.4, 0.5) is 0 Å². The van der Waals surface area contributed by atoms with Crippen molar-refractivity contribution in [2.24, 2.45) is 0 Å². The summed E-state index contributed by atoms with van der Waals surface area (Å²) in [6, 6.07) is 6.33. The van der Waals surface area contributed by atoms with E-state index in [0.717, 1.165) is 17.7 Å². The maximum atomic E-state index is 11.5. The number of ether oxygens (including phenoxy) is 1. The maximum Gasteiger partial charge on any atom is 0.257 e. The summed E-state index contributed by atoms with van der Waals surface area (Å²) in [5.41, 5.74) is 2.26. The van der Waals surface area contributed by atoms with Crippen molar-refractivity contribution in [3.8, 4) is 5.75 Å². The van der Waals surface area contributed by atoms with Gasteiger partial charge in [-0.2, -0.15) is 0 Å². The highest BCUT2D eigenvalue weighted by Gasteiger charge is 2.07. The molecule has 1 aromatic carbocycles. The van der Waals surface area contributed by atoms with E-state index in [1.54, 1.807) is 0 Å². The van der Waals surface area contributed by atoms with Crippen LogP contribution in [0.3, 0.4) is 0 Å². The van der Waals surface area contributed by atoms with E-state index >= 15 is 0 Å². The molecule has 0 heterocycles. The molecule has 1 aromatic rings. The minimum Gasteiger partial charge on any atom is -0.484 e. The zero-order valence-electron chi connectivity index (χ0n) is 12.2. The van der Waals surface area contributed by atoms with Crippen molar-refractivity contribution >= 4 is 5.91 Å². The van der Waals surface area contributed by atoms with Crippen molar-refractivity contribution in [2.75, 3.05) is 20.2 Å². The molecule has 0 fully saturated rings. The molecule has 0 aliphatic carbocycles. The van der Waals surface area contributed by atoms with E-state index in [9.17, 15) is 4.79 Å². The highest BCUT2D eigenvalue weighted by atomic mass is 16.5. The molecule has 1 unspecified atom stereocenters. The van der Waals surface area contributed by atoms with Crippen molar-refractivity contribution < 1.29 is 9.53 Å². The van der Waals surface area contributed by atoms with Crippen molar-refractivity contribution in [3.05, 3.63) is 29.3 Å². The van der Waals surface area contributed by atoms with Crippen LogP contribution in [0.5, 0.6) is 5.75 Å². The van der Waals surface area contributed by atoms with Crippen LogP contribution in [0.25, 0.3) is 0 Å². The van der Waals surface area contributed by atoms with Crippen molar-refractivity contribution in [3.63, 3.8) is 0 Å². The molecular formula is C15H24N2O2. The Kier molecular flexibility index (Phi) is 6.36. The Morgan fingerprint density at radius 2 is 2.16 bits per heavy atom. The third-order valence-corrected chi connectivity index (χ3v) is 3.06. The lowest BCUT2D eigenvalue weighted by atomic mass is 10.1. The number of rotatable bonds is 7. The summed E-state index contributed by atoms with van der Waals surface area (Å²) < 4.78 is 5.53. The summed E-state index contributed by atoms with van der Waals surface area (Å²) in [5, 5.41) is 5.98. The molecule has 1 amide bonds. The second kappa shape index (κ2) is 7.79. The van der Waals surface area contributed by atoms with Gasteiger partial charge in [-0.25, -0.2) is 0 Å². The van der Waals surface area contributed by atoms with Gasteiger partial charge in [0.2, 0.25) is 0 Å². The summed E-state index contributed by atoms with van der Waals surface area (Å²) in [4.78, 5) is 11.5. The first-order valence-corrected chi connectivity index (χ1v) is 6.75. The van der Waals surface area contributed by atoms with Crippen LogP contribution in [0, 0.1) is 6.92 Å². The Morgan fingerprint density at radius 3 is 2.74 bits per heavy atom. The topological polar surface area (TPSA) is 50.4 Å². The Balaban J connectivity index is 2.57. The van der Waals surface area contributed by atoms with Gasteiger partial charge in [0.05, 0.1) is 0 Å². The van der Waals surface area contributed by atoms with Gasteiger partial charge in [-0.1, -0.05) is 19.1 Å². The monoisotopic (exact) mass is 264 g/mol. The van der Waals surface area contributed by atoms with E-state index in [0.29, 0.717) is 12.6 Å². The predicted octanol–water partition coefficient (Wildman–Crippen LogP) is 2.18. The molecular weight excluding hydrogens is 240 g/mol. The lowest BCUT2D eigenvalue weighted by Crippen LogP contribution is -2.29. The molecule has 0 spiro atoms. The van der Waals surface area contributed by atoms with Crippen LogP contribution in [0.2, 0.25) is 0 Å². The lowest BCUT2D eigenvalue weighted by molar-refractivity contribution is -0.123. The second-order valence-electron chi connectivity index (χ2n) is 4.67. The van der Waals surface area contributed by atoms with Crippen molar-refractivity contribution in [2.45, 2.75) is 33.2 Å². The van der Waals surface area contributed by atoms with Crippen LogP contribution < -0.4 is 15.4 Å². The molecule has 19 heavy (non-hydrogen) atoms. The molecule has 4 heteroatoms. The molecule has 0 radical (unpaired) electrons. The number of aryl methyl sites for hydroxylation is 1. The number of nitrogens with one attached hydrogen (secondary N) is 2. The van der Waals surface area contributed by atoms with Gasteiger partial charge in [-0.05, 0) is 44.5 Å². The first-order chi connectivity index (χ1) is 9.08. The van der Waals surface area contributed by atoms with Crippen LogP contribution in [0.1, 0.15) is 37.4 Å². The van der Waals surface area contributed by atoms with E-state index in [1.165, 1.54) is 5.56 Å². The molecule has 1 atom stereocenters. The lowest BCUT2D eigenvalue weighted by Gasteiger charge is -2.14. The number of amides is 1. The SMILES string of the molecule is CCCNC(=O)COc1ccc(C(C)NC)cc1C. The van der Waals surface area contributed by atoms with E-state index in [4.69, 9.17) is 4.74 Å². The molecule has 0 saturated heterocycles. The Morgan fingerprint density at radius 1 is 1.42 bits per heavy atom. The fraction of sp³-hybridized carbons (Fsp3) is 0.533. The molecule has 0 aromatic heterocycles. The third-order valence-electron chi connectivity index (χ3n) is 3.06. The number of carbonyl (C=O) groups excluding carboxylic acids is 1. The normalized spacial score (nSPS) is 12.0. The van der Waals surface area contributed by atoms with Gasteiger partial charge in [0.1, 0.15) is 5.75 Å². The van der Waals surface area contributed by atoms with Gasteiger partial charge in [-0.15, -0.1) is 0 Å². The third kappa shape index (κ3) is 4.91. The fourth-order valence-corrected chi connectivity index (χ4v) is 1.73. The second-order valence-corrected chi connectivity index (χ2v) is 4.67. The smallest absolute Gasteiger partial charge is 0.257 e. The standard InChI is InChI=1S/C15H24N2O2/c1-5-8-17-15(18)10-19-14-7-6-13(9-11(14)2)12(3)16-4/h6-7,9,12,16H,5,8,10H2,1-4H3,(H,17,18). The van der Waals surface area contributed by atoms with Crippen LogP contribution in [-0.2, 0) is 4.79 Å². The van der Waals surface area contributed by atoms with Gasteiger partial charge in [0.15, 0.2) is 6.61 Å². The zero-order chi connectivity index (χ0) is 14.3. The van der Waals surface area contributed by atoms with Gasteiger partial charge < -0.3 is 15.4 Å². The summed E-state index contributed by atoms with van der Waals surface area (Å²) in [6.07, 6.45) is 0.932. The number of hydrogen-bond donors (Lipinski definition) is 2. The van der Waals surface area contributed by atoms with Crippen LogP contribution >= 0.6 is 0 Å². The first kappa shape index (κ1) is 15.5. The highest BCUT2D eigenvalue weighted by molar-refractivity contribution is 5.77. The van der Waals surface area contributed by atoms with Crippen LogP contribution in [-0.4, -0.2) is 26.1 Å². The quantitative estimate of drug-likeness (QED) is 0.793. The molecule has 0 bridgehead atoms. The summed E-state index contributed by atoms with van der Waals surface area (Å²) in [7, 11) is 1.93. The molecule has 0 saturated carbocycles. The van der Waals surface area contributed by atoms with Crippen LogP contribution in [0.15, 0.2) is 18.2 Å². The minimum absolute atomic E-state index is 0.0712. The molecule has 1 rings (SSSR count). The van der Waals surface area contributed by atoms with Gasteiger partial charge >= 0.3 is 0 Å². The zero-order valence-corrected chi connectivity index (χ0v) is 12.2. The molecule has 4 nitrogen and oxygen atoms in total. The number of benzene rings is 1. The highest BCUT2D eigenvalue weighted by Crippen LogP contribution is 2.22. The molecule has 0 aliphatic heterocycles. The maximum absolute atomic E-state index is 11.5. The Bertz CT molecular complexity index is 419. The summed E-state index contributed by atoms with van der Waals surface area (Å²) in [5.74, 6) is 0.688. The predicted molar refractivity (Wildman–Crippen MR) is 77.4 cm³/mol. The minimum atomic E-state index is -0.0751. The molecule has 0 aliphatic rings. The number of hydrogen-bond acceptors (Lipinski definition) is 3. The largest absolute Gasteiger partial charge is 0.484 e. The van der Waals surface area contributed by atoms with E-state index in [1.807, 2.05) is 33.0 Å². The average Bonchev–Trinajstić information content (AvgIpc) is 2.42. The van der Waals surface area contributed by atoms with Crippen molar-refractivity contribution in [1.29, 1.82) is 0 Å². The number of carbonyl (C=O) groups is 1. The Labute approximate surface area is 115 Å². The van der Waals surface area contributed by atoms with E-state index in [2.05, 4.69) is 23.6 Å². The van der Waals surface area contributed by atoms with Gasteiger partial charge in [0.25, 0.3) is 5.91 Å². The van der Waals surface area contributed by atoms with Crippen molar-refractivity contribution in [1.82, 2.24) is 10.6 Å². The van der Waals surface area contributed by atoms with E-state index in [-0.39, 0.29) is 12.5 Å². The summed E-state index contributed by atoms with van der Waals surface area (Å²) >= 11 is 0. The van der Waals surface area contributed by atoms with E-state index < -0.39 is 0 Å². The molecule has 106 valence electrons. The molecule has 2 N–H and O–H groups in total. The average molecular weight is 264 g/mol. The first-order valence-electron chi connectivity index (χ1n) is 6.75.